The minimum absolute atomic E-state index is 0.146. The molecule has 456 valence electrons. The SMILES string of the molecule is C/C=C(/C)C(=O)O[C@H]1[C@H](O)[C@@]2(COC(=O)C(C)CC)C(CC1(C)C)C1=CCC3[C@@]4(C)CC[C@H](O[C@@H]5OC(C(=O)O)[C@H](O)[C@H](O[C@@H]6O[C@H](CO)[C@H](O)C6O)C5O[C@@H]5OC(CO)[C@H](O)[C@H](O)C5O)C(C)(C)C4CC[C@@]3(C)[C@]1(C)[C@@H](O)[C@H]2O. The van der Waals surface area contributed by atoms with E-state index in [4.69, 9.17) is 37.9 Å². The number of rotatable bonds is 15. The van der Waals surface area contributed by atoms with Crippen LogP contribution in [0.3, 0.4) is 0 Å². The number of aliphatic hydroxyl groups is 11. The first-order valence-corrected chi connectivity index (χ1v) is 28.5. The van der Waals surface area contributed by atoms with Crippen molar-refractivity contribution >= 4 is 17.9 Å². The third kappa shape index (κ3) is 9.93. The number of ether oxygens (including phenoxy) is 8. The van der Waals surface area contributed by atoms with Crippen LogP contribution in [0.15, 0.2) is 23.3 Å². The molecule has 0 aromatic carbocycles. The van der Waals surface area contributed by atoms with Crippen LogP contribution in [-0.4, -0.2) is 216 Å². The van der Waals surface area contributed by atoms with E-state index in [2.05, 4.69) is 19.9 Å². The van der Waals surface area contributed by atoms with Crippen molar-refractivity contribution in [3.05, 3.63) is 23.3 Å². The number of aliphatic hydroxyl groups excluding tert-OH is 11. The lowest BCUT2D eigenvalue weighted by Crippen LogP contribution is -2.76. The van der Waals surface area contributed by atoms with Crippen molar-refractivity contribution in [1.29, 1.82) is 0 Å². The molecule has 7 fully saturated rings. The minimum atomic E-state index is -2.12. The highest BCUT2D eigenvalue weighted by Gasteiger charge is 2.76. The quantitative estimate of drug-likeness (QED) is 0.0455. The van der Waals surface area contributed by atoms with Gasteiger partial charge in [-0.3, -0.25) is 4.79 Å². The Labute approximate surface area is 467 Å². The summed E-state index contributed by atoms with van der Waals surface area (Å²) in [6.45, 7) is 19.0. The van der Waals surface area contributed by atoms with Gasteiger partial charge in [-0.25, -0.2) is 9.59 Å². The highest BCUT2D eigenvalue weighted by atomic mass is 16.8. The number of carboxylic acid groups (broad SMARTS) is 1. The van der Waals surface area contributed by atoms with E-state index in [-0.39, 0.29) is 11.8 Å². The Bertz CT molecular complexity index is 2330. The maximum Gasteiger partial charge on any atom is 0.335 e. The van der Waals surface area contributed by atoms with E-state index in [0.29, 0.717) is 50.5 Å². The van der Waals surface area contributed by atoms with E-state index < -0.39 is 199 Å². The van der Waals surface area contributed by atoms with Crippen LogP contribution in [-0.2, 0) is 52.3 Å². The topological polar surface area (TPSA) is 368 Å². The molecule has 12 N–H and O–H groups in total. The van der Waals surface area contributed by atoms with Gasteiger partial charge in [-0.15, -0.1) is 0 Å². The van der Waals surface area contributed by atoms with Crippen molar-refractivity contribution in [2.45, 2.75) is 238 Å². The summed E-state index contributed by atoms with van der Waals surface area (Å²) in [4.78, 5) is 39.8. The molecule has 5 aliphatic carbocycles. The summed E-state index contributed by atoms with van der Waals surface area (Å²) in [6, 6.07) is 0. The van der Waals surface area contributed by atoms with Gasteiger partial charge in [0.15, 0.2) is 25.0 Å². The zero-order valence-electron chi connectivity index (χ0n) is 47.9. The van der Waals surface area contributed by atoms with Crippen LogP contribution in [0, 0.1) is 56.2 Å². The second-order valence-corrected chi connectivity index (χ2v) is 26.4. The van der Waals surface area contributed by atoms with Crippen LogP contribution < -0.4 is 0 Å². The van der Waals surface area contributed by atoms with Crippen molar-refractivity contribution in [3.63, 3.8) is 0 Å². The molecule has 0 amide bonds. The van der Waals surface area contributed by atoms with Crippen LogP contribution >= 0.6 is 0 Å². The first-order valence-electron chi connectivity index (χ1n) is 28.5. The summed E-state index contributed by atoms with van der Waals surface area (Å²) in [7, 11) is 0. The summed E-state index contributed by atoms with van der Waals surface area (Å²) in [6.07, 6.45) is -25.1. The van der Waals surface area contributed by atoms with Crippen molar-refractivity contribution in [2.24, 2.45) is 56.2 Å². The number of hydrogen-bond donors (Lipinski definition) is 12. The molecule has 3 heterocycles. The highest BCUT2D eigenvalue weighted by Crippen LogP contribution is 2.76. The van der Waals surface area contributed by atoms with E-state index in [1.54, 1.807) is 26.8 Å². The average molecular weight is 1140 g/mol. The fourth-order valence-electron chi connectivity index (χ4n) is 16.3. The summed E-state index contributed by atoms with van der Waals surface area (Å²) in [5.74, 6) is -4.27. The number of carbonyl (C=O) groups is 3. The van der Waals surface area contributed by atoms with Crippen LogP contribution in [0.25, 0.3) is 0 Å². The Kier molecular flexibility index (Phi) is 18.1. The molecule has 8 rings (SSSR count). The van der Waals surface area contributed by atoms with Crippen molar-refractivity contribution in [1.82, 2.24) is 0 Å². The van der Waals surface area contributed by atoms with E-state index in [1.807, 2.05) is 41.5 Å². The van der Waals surface area contributed by atoms with Gasteiger partial charge in [0, 0.05) is 16.4 Å². The molecule has 8 aliphatic rings. The minimum Gasteiger partial charge on any atom is -0.479 e. The monoisotopic (exact) mass is 1140 g/mol. The first-order chi connectivity index (χ1) is 37.3. The lowest BCUT2D eigenvalue weighted by atomic mass is 9.32. The van der Waals surface area contributed by atoms with Crippen molar-refractivity contribution < 1.29 is 114 Å². The zero-order chi connectivity index (χ0) is 59.3. The molecule has 0 aromatic heterocycles. The molecular formula is C57H90O23. The van der Waals surface area contributed by atoms with Crippen LogP contribution in [0.4, 0.5) is 0 Å². The van der Waals surface area contributed by atoms with E-state index in [0.717, 1.165) is 5.57 Å². The zero-order valence-corrected chi connectivity index (χ0v) is 47.9. The molecular weight excluding hydrogens is 1050 g/mol. The fourth-order valence-corrected chi connectivity index (χ4v) is 16.3. The van der Waals surface area contributed by atoms with Gasteiger partial charge in [-0.1, -0.05) is 80.0 Å². The number of carboxylic acids is 1. The second-order valence-electron chi connectivity index (χ2n) is 26.4. The number of allylic oxidation sites excluding steroid dienone is 2. The van der Waals surface area contributed by atoms with Gasteiger partial charge >= 0.3 is 17.9 Å². The lowest BCUT2D eigenvalue weighted by molar-refractivity contribution is -0.386. The van der Waals surface area contributed by atoms with Crippen LogP contribution in [0.5, 0.6) is 0 Å². The van der Waals surface area contributed by atoms with Crippen LogP contribution in [0.1, 0.15) is 121 Å². The Morgan fingerprint density at radius 2 is 1.31 bits per heavy atom. The smallest absolute Gasteiger partial charge is 0.335 e. The number of carbonyl (C=O) groups excluding carboxylic acids is 2. The Hall–Kier alpha value is -2.79. The Morgan fingerprint density at radius 1 is 0.725 bits per heavy atom. The molecule has 3 aliphatic heterocycles. The maximum atomic E-state index is 13.5. The van der Waals surface area contributed by atoms with Gasteiger partial charge in [0.25, 0.3) is 0 Å². The average Bonchev–Trinajstić information content (AvgIpc) is 1.93. The summed E-state index contributed by atoms with van der Waals surface area (Å²) in [5, 5.41) is 135. The molecule has 4 saturated carbocycles. The van der Waals surface area contributed by atoms with Crippen molar-refractivity contribution in [2.75, 3.05) is 19.8 Å². The second kappa shape index (κ2) is 22.9. The van der Waals surface area contributed by atoms with Gasteiger partial charge in [0.05, 0.1) is 42.9 Å². The Morgan fingerprint density at radius 3 is 1.89 bits per heavy atom. The number of hydrogen-bond acceptors (Lipinski definition) is 22. The predicted molar refractivity (Wildman–Crippen MR) is 277 cm³/mol. The first kappa shape index (κ1) is 63.2. The Balaban J connectivity index is 1.13. The molecule has 23 nitrogen and oxygen atoms in total. The van der Waals surface area contributed by atoms with Crippen LogP contribution in [0.2, 0.25) is 0 Å². The van der Waals surface area contributed by atoms with E-state index in [1.165, 1.54) is 0 Å². The normalized spacial score (nSPS) is 49.2. The standard InChI is InChI=1S/C57H90O23/c1-12-24(3)47(71)73-23-57-27(20-52(5,6)45(44(57)68)80-48(72)25(4)13-2)26-14-15-31-54(9)18-17-32(53(7,8)30(54)16-19-55(31,10)56(26,11)42(66)43(57)67)76-51-41(79-50-37(64)35(62)33(60)28(21-58)74-50)39(38(65)40(78-51)46(69)70)77-49-36(63)34(61)29(22-59)75-49/h13-14,24,27-45,49-51,58-68H,12,15-23H2,1-11H3,(H,69,70)/b25-13-/t24?,27?,28?,29-,30?,31?,32+,33+,34+,35+,36?,37?,38-,39+,40?,41?,42+,43-,44+,45+,49+,50+,51-,54+,55-,56+,57+/m1/s1. The number of aliphatic carboxylic acids is 1. The fraction of sp³-hybridized carbons (Fsp3) is 0.877. The van der Waals surface area contributed by atoms with E-state index >= 15 is 0 Å². The third-order valence-corrected chi connectivity index (χ3v) is 21.6. The molecule has 9 unspecified atom stereocenters. The molecule has 23 heteroatoms. The number of esters is 2. The van der Waals surface area contributed by atoms with Crippen molar-refractivity contribution in [3.8, 4) is 0 Å². The third-order valence-electron chi connectivity index (χ3n) is 21.6. The largest absolute Gasteiger partial charge is 0.479 e. The molecule has 3 saturated heterocycles. The predicted octanol–water partition coefficient (Wildman–Crippen LogP) is 0.343. The summed E-state index contributed by atoms with van der Waals surface area (Å²) in [5.41, 5.74) is -4.55. The van der Waals surface area contributed by atoms with Gasteiger partial charge in [0.2, 0.25) is 0 Å². The molecule has 0 bridgehead atoms. The molecule has 27 atom stereocenters. The number of fused-ring (bicyclic) bond motifs is 7. The highest BCUT2D eigenvalue weighted by molar-refractivity contribution is 5.87. The van der Waals surface area contributed by atoms with Gasteiger partial charge < -0.3 is 99.2 Å². The maximum absolute atomic E-state index is 13.5. The van der Waals surface area contributed by atoms with Gasteiger partial charge in [-0.2, -0.15) is 0 Å². The molecule has 0 aromatic rings. The van der Waals surface area contributed by atoms with Gasteiger partial charge in [-0.05, 0) is 92.8 Å². The van der Waals surface area contributed by atoms with E-state index in [9.17, 15) is 75.7 Å². The molecule has 0 spiro atoms. The summed E-state index contributed by atoms with van der Waals surface area (Å²) >= 11 is 0. The van der Waals surface area contributed by atoms with Gasteiger partial charge in [0.1, 0.15) is 79.9 Å². The molecule has 0 radical (unpaired) electrons. The summed E-state index contributed by atoms with van der Waals surface area (Å²) < 4.78 is 48.6. The lowest BCUT2D eigenvalue weighted by Gasteiger charge is -2.73. The molecule has 80 heavy (non-hydrogen) atoms.